The summed E-state index contributed by atoms with van der Waals surface area (Å²) < 4.78 is 0. The summed E-state index contributed by atoms with van der Waals surface area (Å²) in [6.07, 6.45) is 8.26. The molecule has 90 valence electrons. The van der Waals surface area contributed by atoms with E-state index in [1.54, 1.807) is 0 Å². The van der Waals surface area contributed by atoms with Gasteiger partial charge in [-0.2, -0.15) is 0 Å². The Morgan fingerprint density at radius 1 is 1.31 bits per heavy atom. The van der Waals surface area contributed by atoms with Crippen molar-refractivity contribution in [1.29, 1.82) is 0 Å². The van der Waals surface area contributed by atoms with E-state index in [2.05, 4.69) is 19.9 Å². The third kappa shape index (κ3) is 2.86. The molecule has 1 atom stereocenters. The van der Waals surface area contributed by atoms with Gasteiger partial charge in [0.1, 0.15) is 0 Å². The predicted molar refractivity (Wildman–Crippen MR) is 71.9 cm³/mol. The van der Waals surface area contributed by atoms with Gasteiger partial charge in [0.2, 0.25) is 0 Å². The second kappa shape index (κ2) is 5.33. The van der Waals surface area contributed by atoms with Crippen LogP contribution in [0.1, 0.15) is 59.9 Å². The van der Waals surface area contributed by atoms with E-state index in [1.807, 2.05) is 11.3 Å². The first-order valence-electron chi connectivity index (χ1n) is 6.49. The molecule has 1 unspecified atom stereocenters. The molecule has 1 aliphatic rings. The predicted octanol–water partition coefficient (Wildman–Crippen LogP) is 4.34. The average molecular weight is 237 g/mol. The number of thiophene rings is 1. The van der Waals surface area contributed by atoms with E-state index in [-0.39, 0.29) is 6.04 Å². The molecule has 1 fully saturated rings. The average Bonchev–Trinajstić information content (AvgIpc) is 2.59. The van der Waals surface area contributed by atoms with Crippen molar-refractivity contribution in [3.8, 4) is 0 Å². The normalized spacial score (nSPS) is 19.9. The van der Waals surface area contributed by atoms with Crippen LogP contribution in [0.5, 0.6) is 0 Å². The first kappa shape index (κ1) is 12.1. The molecule has 1 aromatic rings. The van der Waals surface area contributed by atoms with E-state index in [1.165, 1.54) is 53.8 Å². The molecule has 2 heteroatoms. The number of nitrogens with two attached hydrogens (primary N) is 1. The molecule has 1 saturated carbocycles. The second-order valence-corrected chi connectivity index (χ2v) is 6.54. The molecule has 2 N–H and O–H groups in total. The summed E-state index contributed by atoms with van der Waals surface area (Å²) in [4.78, 5) is 2.81. The van der Waals surface area contributed by atoms with E-state index in [9.17, 15) is 0 Å². The summed E-state index contributed by atoms with van der Waals surface area (Å²) in [6.45, 7) is 4.37. The molecular weight excluding hydrogens is 214 g/mol. The van der Waals surface area contributed by atoms with Gasteiger partial charge in [0, 0.05) is 15.8 Å². The van der Waals surface area contributed by atoms with Gasteiger partial charge in [0.15, 0.2) is 0 Å². The van der Waals surface area contributed by atoms with Crippen molar-refractivity contribution in [2.75, 3.05) is 0 Å². The lowest BCUT2D eigenvalue weighted by molar-refractivity contribution is 0.320. The number of aryl methyl sites for hydroxylation is 2. The van der Waals surface area contributed by atoms with E-state index in [0.29, 0.717) is 0 Å². The third-order valence-electron chi connectivity index (χ3n) is 3.73. The molecule has 1 heterocycles. The Balaban J connectivity index is 1.96. The summed E-state index contributed by atoms with van der Waals surface area (Å²) in [5, 5.41) is 0. The highest BCUT2D eigenvalue weighted by Crippen LogP contribution is 2.34. The van der Waals surface area contributed by atoms with Crippen molar-refractivity contribution in [2.45, 2.75) is 58.4 Å². The Hall–Kier alpha value is -0.340. The number of rotatable bonds is 3. The Labute approximate surface area is 103 Å². The van der Waals surface area contributed by atoms with Crippen LogP contribution in [0.15, 0.2) is 6.07 Å². The first-order chi connectivity index (χ1) is 7.66. The molecule has 0 saturated heterocycles. The lowest BCUT2D eigenvalue weighted by atomic mass is 9.84. The van der Waals surface area contributed by atoms with Crippen LogP contribution in [0.25, 0.3) is 0 Å². The van der Waals surface area contributed by atoms with Crippen molar-refractivity contribution in [1.82, 2.24) is 0 Å². The zero-order valence-electron chi connectivity index (χ0n) is 10.5. The van der Waals surface area contributed by atoms with Crippen molar-refractivity contribution in [2.24, 2.45) is 11.7 Å². The highest BCUT2D eigenvalue weighted by molar-refractivity contribution is 7.12. The fourth-order valence-electron chi connectivity index (χ4n) is 2.92. The van der Waals surface area contributed by atoms with E-state index < -0.39 is 0 Å². The van der Waals surface area contributed by atoms with Crippen molar-refractivity contribution in [3.63, 3.8) is 0 Å². The fraction of sp³-hybridized carbons (Fsp3) is 0.714. The molecule has 1 aliphatic carbocycles. The highest BCUT2D eigenvalue weighted by atomic mass is 32.1. The number of hydrogen-bond acceptors (Lipinski definition) is 2. The molecule has 1 nitrogen and oxygen atoms in total. The van der Waals surface area contributed by atoms with Gasteiger partial charge in [-0.05, 0) is 37.8 Å². The van der Waals surface area contributed by atoms with Crippen LogP contribution < -0.4 is 5.73 Å². The third-order valence-corrected chi connectivity index (χ3v) is 5.01. The molecule has 0 aromatic carbocycles. The zero-order chi connectivity index (χ0) is 11.5. The monoisotopic (exact) mass is 237 g/mol. The van der Waals surface area contributed by atoms with Crippen LogP contribution in [0.2, 0.25) is 0 Å². The van der Waals surface area contributed by atoms with E-state index in [0.717, 1.165) is 5.92 Å². The minimum Gasteiger partial charge on any atom is -0.323 e. The maximum atomic E-state index is 6.35. The van der Waals surface area contributed by atoms with Crippen LogP contribution in [0, 0.1) is 19.8 Å². The quantitative estimate of drug-likeness (QED) is 0.831. The van der Waals surface area contributed by atoms with Crippen LogP contribution in [0.4, 0.5) is 0 Å². The fourth-order valence-corrected chi connectivity index (χ4v) is 3.97. The topological polar surface area (TPSA) is 26.0 Å². The van der Waals surface area contributed by atoms with Crippen molar-refractivity contribution >= 4 is 11.3 Å². The first-order valence-corrected chi connectivity index (χ1v) is 7.31. The number of hydrogen-bond donors (Lipinski definition) is 1. The highest BCUT2D eigenvalue weighted by Gasteiger charge is 2.19. The van der Waals surface area contributed by atoms with Crippen molar-refractivity contribution < 1.29 is 0 Å². The standard InChI is InChI=1S/C14H23NS/c1-10-8-11(2)16-14(10)13(15)9-12-6-4-3-5-7-12/h8,12-13H,3-7,9,15H2,1-2H3. The zero-order valence-corrected chi connectivity index (χ0v) is 11.3. The summed E-state index contributed by atoms with van der Waals surface area (Å²) in [6, 6.07) is 2.54. The van der Waals surface area contributed by atoms with Crippen LogP contribution in [-0.2, 0) is 0 Å². The van der Waals surface area contributed by atoms with Crippen molar-refractivity contribution in [3.05, 3.63) is 21.4 Å². The van der Waals surface area contributed by atoms with Gasteiger partial charge < -0.3 is 5.73 Å². The van der Waals surface area contributed by atoms with Crippen LogP contribution in [0.3, 0.4) is 0 Å². The van der Waals surface area contributed by atoms with Gasteiger partial charge in [-0.3, -0.25) is 0 Å². The Morgan fingerprint density at radius 3 is 2.56 bits per heavy atom. The molecule has 0 radical (unpaired) electrons. The molecule has 0 aliphatic heterocycles. The van der Waals surface area contributed by atoms with Crippen LogP contribution in [-0.4, -0.2) is 0 Å². The molecule has 2 rings (SSSR count). The van der Waals surface area contributed by atoms with Gasteiger partial charge in [-0.15, -0.1) is 11.3 Å². The summed E-state index contributed by atoms with van der Waals surface area (Å²) in [7, 11) is 0. The minimum absolute atomic E-state index is 0.279. The molecule has 0 bridgehead atoms. The van der Waals surface area contributed by atoms with Gasteiger partial charge in [0.25, 0.3) is 0 Å². The molecular formula is C14H23NS. The Morgan fingerprint density at radius 2 is 2.00 bits per heavy atom. The maximum absolute atomic E-state index is 6.35. The lowest BCUT2D eigenvalue weighted by Gasteiger charge is -2.24. The molecule has 0 spiro atoms. The Kier molecular flexibility index (Phi) is 4.04. The maximum Gasteiger partial charge on any atom is 0.0395 e. The lowest BCUT2D eigenvalue weighted by Crippen LogP contribution is -2.17. The summed E-state index contributed by atoms with van der Waals surface area (Å²) in [5.41, 5.74) is 7.74. The summed E-state index contributed by atoms with van der Waals surface area (Å²) >= 11 is 1.89. The van der Waals surface area contributed by atoms with Gasteiger partial charge in [-0.1, -0.05) is 32.1 Å². The summed E-state index contributed by atoms with van der Waals surface area (Å²) in [5.74, 6) is 0.880. The molecule has 16 heavy (non-hydrogen) atoms. The second-order valence-electron chi connectivity index (χ2n) is 5.25. The largest absolute Gasteiger partial charge is 0.323 e. The van der Waals surface area contributed by atoms with Gasteiger partial charge in [-0.25, -0.2) is 0 Å². The van der Waals surface area contributed by atoms with E-state index in [4.69, 9.17) is 5.73 Å². The SMILES string of the molecule is Cc1cc(C)c(C(N)CC2CCCCC2)s1. The van der Waals surface area contributed by atoms with Gasteiger partial charge >= 0.3 is 0 Å². The Bertz CT molecular complexity index is 337. The van der Waals surface area contributed by atoms with Crippen LogP contribution >= 0.6 is 11.3 Å². The smallest absolute Gasteiger partial charge is 0.0395 e. The molecule has 1 aromatic heterocycles. The molecule has 0 amide bonds. The minimum atomic E-state index is 0.279. The van der Waals surface area contributed by atoms with E-state index >= 15 is 0 Å². The van der Waals surface area contributed by atoms with Gasteiger partial charge in [0.05, 0.1) is 0 Å².